The first-order chi connectivity index (χ1) is 16.8. The summed E-state index contributed by atoms with van der Waals surface area (Å²) >= 11 is 0. The predicted octanol–water partition coefficient (Wildman–Crippen LogP) is 5.33. The number of methoxy groups -OCH3 is 1. The van der Waals surface area contributed by atoms with E-state index in [2.05, 4.69) is 0 Å². The lowest BCUT2D eigenvalue weighted by Crippen LogP contribution is -2.29. The number of rotatable bonds is 7. The van der Waals surface area contributed by atoms with E-state index in [9.17, 15) is 14.7 Å². The van der Waals surface area contributed by atoms with Crippen molar-refractivity contribution in [2.75, 3.05) is 13.7 Å². The number of hydrogen-bond acceptors (Lipinski definition) is 5. The molecule has 1 heterocycles. The molecule has 6 nitrogen and oxygen atoms in total. The molecule has 0 saturated carbocycles. The van der Waals surface area contributed by atoms with Crippen molar-refractivity contribution in [1.29, 1.82) is 0 Å². The zero-order valence-electron chi connectivity index (χ0n) is 20.4. The first-order valence-electron chi connectivity index (χ1n) is 11.6. The van der Waals surface area contributed by atoms with Crippen molar-refractivity contribution in [1.82, 2.24) is 4.90 Å². The van der Waals surface area contributed by atoms with Gasteiger partial charge in [0.2, 0.25) is 0 Å². The monoisotopic (exact) mass is 471 g/mol. The van der Waals surface area contributed by atoms with Crippen LogP contribution < -0.4 is 9.47 Å². The lowest BCUT2D eigenvalue weighted by atomic mass is 9.93. The van der Waals surface area contributed by atoms with Crippen LogP contribution in [0.3, 0.4) is 0 Å². The number of ketones is 1. The fraction of sp³-hybridized carbons (Fsp3) is 0.241. The minimum absolute atomic E-state index is 0.0720. The number of amides is 1. The maximum absolute atomic E-state index is 13.4. The van der Waals surface area contributed by atoms with Gasteiger partial charge in [-0.1, -0.05) is 48.0 Å². The molecule has 1 saturated heterocycles. The molecule has 3 aromatic carbocycles. The number of ether oxygens (including phenoxy) is 2. The predicted molar refractivity (Wildman–Crippen MR) is 134 cm³/mol. The number of carbonyl (C=O) groups excluding carboxylic acids is 2. The van der Waals surface area contributed by atoms with E-state index >= 15 is 0 Å². The number of nitrogens with zero attached hydrogens (tertiary/aromatic N) is 1. The Labute approximate surface area is 205 Å². The number of carbonyl (C=O) groups is 2. The molecule has 3 aromatic rings. The van der Waals surface area contributed by atoms with Gasteiger partial charge in [0.05, 0.1) is 31.9 Å². The van der Waals surface area contributed by atoms with Gasteiger partial charge in [-0.2, -0.15) is 0 Å². The third-order valence-corrected chi connectivity index (χ3v) is 6.23. The lowest BCUT2D eigenvalue weighted by molar-refractivity contribution is -0.140. The minimum atomic E-state index is -0.768. The molecule has 1 atom stereocenters. The summed E-state index contributed by atoms with van der Waals surface area (Å²) in [6.07, 6.45) is 0. The third-order valence-electron chi connectivity index (χ3n) is 6.23. The van der Waals surface area contributed by atoms with Crippen LogP contribution in [-0.4, -0.2) is 35.4 Å². The molecule has 4 rings (SSSR count). The molecule has 1 amide bonds. The molecule has 1 unspecified atom stereocenters. The van der Waals surface area contributed by atoms with Crippen LogP contribution in [-0.2, 0) is 16.1 Å². The molecule has 0 radical (unpaired) electrons. The molecule has 0 bridgehead atoms. The van der Waals surface area contributed by atoms with Gasteiger partial charge in [-0.3, -0.25) is 9.59 Å². The topological polar surface area (TPSA) is 76.1 Å². The molecule has 180 valence electrons. The van der Waals surface area contributed by atoms with E-state index in [0.717, 1.165) is 16.7 Å². The van der Waals surface area contributed by atoms with Gasteiger partial charge in [-0.05, 0) is 56.2 Å². The molecule has 1 aliphatic heterocycles. The maximum Gasteiger partial charge on any atom is 0.295 e. The largest absolute Gasteiger partial charge is 0.507 e. The van der Waals surface area contributed by atoms with E-state index in [-0.39, 0.29) is 17.9 Å². The molecule has 6 heteroatoms. The number of benzene rings is 3. The van der Waals surface area contributed by atoms with Gasteiger partial charge >= 0.3 is 0 Å². The highest BCUT2D eigenvalue weighted by atomic mass is 16.5. The number of aliphatic hydroxyl groups is 1. The Balaban J connectivity index is 1.88. The van der Waals surface area contributed by atoms with Crippen LogP contribution in [0.2, 0.25) is 0 Å². The standard InChI is InChI=1S/C29H29NO5/c1-5-35-22-14-12-20(13-15-22)26-25(27(31)23-16-18(2)10-11-19(23)3)28(32)29(33)30(26)17-21-8-6-7-9-24(21)34-4/h6-16,26,31H,5,17H2,1-4H3/b27-25+. The van der Waals surface area contributed by atoms with Crippen molar-refractivity contribution in [2.24, 2.45) is 0 Å². The molecule has 0 aromatic heterocycles. The first-order valence-corrected chi connectivity index (χ1v) is 11.6. The molecule has 0 aliphatic carbocycles. The summed E-state index contributed by atoms with van der Waals surface area (Å²) in [6.45, 7) is 6.36. The zero-order valence-corrected chi connectivity index (χ0v) is 20.4. The number of aliphatic hydroxyl groups excluding tert-OH is 1. The highest BCUT2D eigenvalue weighted by Crippen LogP contribution is 2.41. The second-order valence-corrected chi connectivity index (χ2v) is 8.56. The van der Waals surface area contributed by atoms with Gasteiger partial charge < -0.3 is 19.5 Å². The summed E-state index contributed by atoms with van der Waals surface area (Å²) in [4.78, 5) is 28.2. The number of aryl methyl sites for hydroxylation is 2. The normalized spacial score (nSPS) is 17.0. The van der Waals surface area contributed by atoms with Gasteiger partial charge in [0, 0.05) is 11.1 Å². The number of para-hydroxylation sites is 1. The fourth-order valence-corrected chi connectivity index (χ4v) is 4.46. The first kappa shape index (κ1) is 24.1. The Morgan fingerprint density at radius 1 is 1.00 bits per heavy atom. The van der Waals surface area contributed by atoms with Gasteiger partial charge in [-0.15, -0.1) is 0 Å². The van der Waals surface area contributed by atoms with Crippen molar-refractivity contribution in [3.05, 3.63) is 100 Å². The van der Waals surface area contributed by atoms with Gasteiger partial charge in [0.15, 0.2) is 0 Å². The maximum atomic E-state index is 13.4. The van der Waals surface area contributed by atoms with E-state index in [0.29, 0.717) is 29.2 Å². The van der Waals surface area contributed by atoms with Gasteiger partial charge in [0.1, 0.15) is 17.3 Å². The highest BCUT2D eigenvalue weighted by Gasteiger charge is 2.46. The molecule has 1 fully saturated rings. The second-order valence-electron chi connectivity index (χ2n) is 8.56. The number of Topliss-reactive ketones (excluding diaryl/α,β-unsaturated/α-hetero) is 1. The summed E-state index contributed by atoms with van der Waals surface area (Å²) in [5, 5.41) is 11.4. The average molecular weight is 472 g/mol. The third kappa shape index (κ3) is 4.64. The number of hydrogen-bond donors (Lipinski definition) is 1. The summed E-state index contributed by atoms with van der Waals surface area (Å²) in [6, 6.07) is 19.5. The Morgan fingerprint density at radius 2 is 1.71 bits per heavy atom. The molecule has 0 spiro atoms. The quantitative estimate of drug-likeness (QED) is 0.286. The Kier molecular flexibility index (Phi) is 6.92. The highest BCUT2D eigenvalue weighted by molar-refractivity contribution is 6.46. The van der Waals surface area contributed by atoms with Crippen molar-refractivity contribution < 1.29 is 24.2 Å². The molecular weight excluding hydrogens is 442 g/mol. The van der Waals surface area contributed by atoms with Crippen molar-refractivity contribution in [2.45, 2.75) is 33.4 Å². The van der Waals surface area contributed by atoms with Crippen LogP contribution in [0.15, 0.2) is 72.3 Å². The van der Waals surface area contributed by atoms with E-state index in [1.165, 1.54) is 4.90 Å². The van der Waals surface area contributed by atoms with Crippen molar-refractivity contribution in [3.8, 4) is 11.5 Å². The number of likely N-dealkylation sites (tertiary alicyclic amines) is 1. The van der Waals surface area contributed by atoms with Crippen molar-refractivity contribution >= 4 is 17.4 Å². The van der Waals surface area contributed by atoms with Crippen LogP contribution in [0.25, 0.3) is 5.76 Å². The molecule has 1 N–H and O–H groups in total. The zero-order chi connectivity index (χ0) is 25.1. The Hall–Kier alpha value is -4.06. The fourth-order valence-electron chi connectivity index (χ4n) is 4.46. The summed E-state index contributed by atoms with van der Waals surface area (Å²) < 4.78 is 11.0. The van der Waals surface area contributed by atoms with Crippen LogP contribution in [0.5, 0.6) is 11.5 Å². The lowest BCUT2D eigenvalue weighted by Gasteiger charge is -2.26. The average Bonchev–Trinajstić information content (AvgIpc) is 3.11. The van der Waals surface area contributed by atoms with Crippen LogP contribution in [0.1, 0.15) is 40.8 Å². The van der Waals surface area contributed by atoms with E-state index in [4.69, 9.17) is 9.47 Å². The van der Waals surface area contributed by atoms with E-state index in [1.807, 2.05) is 75.4 Å². The summed E-state index contributed by atoms with van der Waals surface area (Å²) in [5.41, 5.74) is 3.83. The Bertz CT molecular complexity index is 1290. The smallest absolute Gasteiger partial charge is 0.295 e. The van der Waals surface area contributed by atoms with Crippen LogP contribution >= 0.6 is 0 Å². The SMILES string of the molecule is CCOc1ccc(C2/C(=C(\O)c3cc(C)ccc3C)C(=O)C(=O)N2Cc2ccccc2OC)cc1. The van der Waals surface area contributed by atoms with E-state index in [1.54, 1.807) is 19.2 Å². The summed E-state index contributed by atoms with van der Waals surface area (Å²) in [7, 11) is 1.57. The Morgan fingerprint density at radius 3 is 2.40 bits per heavy atom. The molecule has 1 aliphatic rings. The summed E-state index contributed by atoms with van der Waals surface area (Å²) in [5.74, 6) is -0.244. The van der Waals surface area contributed by atoms with Gasteiger partial charge in [0.25, 0.3) is 11.7 Å². The molecule has 35 heavy (non-hydrogen) atoms. The van der Waals surface area contributed by atoms with Crippen LogP contribution in [0.4, 0.5) is 0 Å². The molecular formula is C29H29NO5. The van der Waals surface area contributed by atoms with Gasteiger partial charge in [-0.25, -0.2) is 0 Å². The minimum Gasteiger partial charge on any atom is -0.507 e. The second kappa shape index (κ2) is 10.1. The van der Waals surface area contributed by atoms with E-state index < -0.39 is 17.7 Å². The van der Waals surface area contributed by atoms with Crippen molar-refractivity contribution in [3.63, 3.8) is 0 Å². The van der Waals surface area contributed by atoms with Crippen LogP contribution in [0, 0.1) is 13.8 Å².